The van der Waals surface area contributed by atoms with Gasteiger partial charge in [-0.3, -0.25) is 10.3 Å². The van der Waals surface area contributed by atoms with Gasteiger partial charge in [0.05, 0.1) is 0 Å². The number of nitrogen functional groups attached to an aromatic ring is 1. The van der Waals surface area contributed by atoms with Crippen LogP contribution in [0.25, 0.3) is 0 Å². The van der Waals surface area contributed by atoms with Gasteiger partial charge in [-0.1, -0.05) is 30.3 Å². The SMILES string of the molecule is CN(Cc1cccc(F)c1)Cc1cccc(C(=N)N)c1. The number of nitrogens with zero attached hydrogens (tertiary/aromatic N) is 1. The van der Waals surface area contributed by atoms with Gasteiger partial charge in [0.25, 0.3) is 0 Å². The second kappa shape index (κ2) is 6.30. The summed E-state index contributed by atoms with van der Waals surface area (Å²) in [6.45, 7) is 1.39. The molecule has 2 aromatic carbocycles. The molecule has 0 bridgehead atoms. The summed E-state index contributed by atoms with van der Waals surface area (Å²) in [5.74, 6) is -0.144. The first kappa shape index (κ1) is 14.2. The Morgan fingerprint density at radius 2 is 1.70 bits per heavy atom. The van der Waals surface area contributed by atoms with Gasteiger partial charge in [-0.05, 0) is 36.4 Å². The van der Waals surface area contributed by atoms with Gasteiger partial charge in [0.15, 0.2) is 0 Å². The van der Waals surface area contributed by atoms with Gasteiger partial charge in [-0.25, -0.2) is 4.39 Å². The third-order valence-electron chi connectivity index (χ3n) is 3.03. The molecule has 0 radical (unpaired) electrons. The fourth-order valence-corrected chi connectivity index (χ4v) is 2.15. The van der Waals surface area contributed by atoms with Crippen LogP contribution in [0.4, 0.5) is 4.39 Å². The highest BCUT2D eigenvalue weighted by Gasteiger charge is 2.04. The molecule has 0 heterocycles. The largest absolute Gasteiger partial charge is 0.384 e. The first-order valence-corrected chi connectivity index (χ1v) is 6.41. The third-order valence-corrected chi connectivity index (χ3v) is 3.03. The second-order valence-corrected chi connectivity index (χ2v) is 4.92. The topological polar surface area (TPSA) is 53.1 Å². The van der Waals surface area contributed by atoms with Gasteiger partial charge in [0.2, 0.25) is 0 Å². The van der Waals surface area contributed by atoms with Crippen molar-refractivity contribution in [2.45, 2.75) is 13.1 Å². The van der Waals surface area contributed by atoms with Crippen molar-refractivity contribution in [3.8, 4) is 0 Å². The molecule has 2 rings (SSSR count). The Morgan fingerprint density at radius 1 is 1.10 bits per heavy atom. The summed E-state index contributed by atoms with van der Waals surface area (Å²) in [5.41, 5.74) is 8.23. The van der Waals surface area contributed by atoms with Crippen LogP contribution in [0.5, 0.6) is 0 Å². The molecular formula is C16H18FN3. The van der Waals surface area contributed by atoms with E-state index >= 15 is 0 Å². The van der Waals surface area contributed by atoms with Crippen LogP contribution in [-0.2, 0) is 13.1 Å². The van der Waals surface area contributed by atoms with E-state index in [1.165, 1.54) is 6.07 Å². The van der Waals surface area contributed by atoms with Crippen LogP contribution >= 0.6 is 0 Å². The smallest absolute Gasteiger partial charge is 0.123 e. The van der Waals surface area contributed by atoms with Crippen LogP contribution in [0.3, 0.4) is 0 Å². The molecule has 4 heteroatoms. The highest BCUT2D eigenvalue weighted by molar-refractivity contribution is 5.95. The van der Waals surface area contributed by atoms with Crippen molar-refractivity contribution in [3.05, 3.63) is 71.0 Å². The molecule has 0 spiro atoms. The maximum Gasteiger partial charge on any atom is 0.123 e. The number of rotatable bonds is 5. The van der Waals surface area contributed by atoms with E-state index in [4.69, 9.17) is 11.1 Å². The van der Waals surface area contributed by atoms with Gasteiger partial charge < -0.3 is 5.73 Å². The zero-order chi connectivity index (χ0) is 14.5. The molecule has 0 aromatic heterocycles. The molecule has 0 amide bonds. The Hall–Kier alpha value is -2.20. The minimum absolute atomic E-state index is 0.0691. The van der Waals surface area contributed by atoms with Crippen LogP contribution in [0.15, 0.2) is 48.5 Å². The predicted octanol–water partition coefficient (Wildman–Crippen LogP) is 2.74. The fraction of sp³-hybridized carbons (Fsp3) is 0.188. The lowest BCUT2D eigenvalue weighted by molar-refractivity contribution is 0.318. The summed E-state index contributed by atoms with van der Waals surface area (Å²) in [6, 6.07) is 14.2. The molecule has 2 aromatic rings. The lowest BCUT2D eigenvalue weighted by Gasteiger charge is -2.17. The number of nitrogens with one attached hydrogen (secondary N) is 1. The third kappa shape index (κ3) is 3.90. The summed E-state index contributed by atoms with van der Waals surface area (Å²) in [4.78, 5) is 2.09. The monoisotopic (exact) mass is 271 g/mol. The lowest BCUT2D eigenvalue weighted by Crippen LogP contribution is -2.18. The van der Waals surface area contributed by atoms with E-state index in [0.29, 0.717) is 6.54 Å². The van der Waals surface area contributed by atoms with E-state index in [9.17, 15) is 4.39 Å². The van der Waals surface area contributed by atoms with Crippen molar-refractivity contribution < 1.29 is 4.39 Å². The zero-order valence-electron chi connectivity index (χ0n) is 11.4. The molecule has 0 fully saturated rings. The van der Waals surface area contributed by atoms with Gasteiger partial charge in [0.1, 0.15) is 11.7 Å². The van der Waals surface area contributed by atoms with Crippen LogP contribution < -0.4 is 5.73 Å². The number of amidine groups is 1. The number of halogens is 1. The molecule has 0 saturated heterocycles. The zero-order valence-corrected chi connectivity index (χ0v) is 11.4. The van der Waals surface area contributed by atoms with Crippen LogP contribution in [0, 0.1) is 11.2 Å². The van der Waals surface area contributed by atoms with E-state index in [-0.39, 0.29) is 11.7 Å². The van der Waals surface area contributed by atoms with E-state index in [0.717, 1.165) is 23.2 Å². The quantitative estimate of drug-likeness (QED) is 0.649. The molecule has 0 unspecified atom stereocenters. The first-order chi connectivity index (χ1) is 9.54. The van der Waals surface area contributed by atoms with Crippen LogP contribution in [0.2, 0.25) is 0 Å². The minimum Gasteiger partial charge on any atom is -0.384 e. The maximum absolute atomic E-state index is 13.1. The summed E-state index contributed by atoms with van der Waals surface area (Å²) >= 11 is 0. The number of nitrogens with two attached hydrogens (primary N) is 1. The van der Waals surface area contributed by atoms with Gasteiger partial charge in [-0.15, -0.1) is 0 Å². The van der Waals surface area contributed by atoms with E-state index in [2.05, 4.69) is 4.90 Å². The fourth-order valence-electron chi connectivity index (χ4n) is 2.15. The number of hydrogen-bond donors (Lipinski definition) is 2. The summed E-state index contributed by atoms with van der Waals surface area (Å²) in [7, 11) is 1.98. The molecule has 0 aliphatic carbocycles. The van der Waals surface area contributed by atoms with E-state index in [1.54, 1.807) is 12.1 Å². The van der Waals surface area contributed by atoms with E-state index < -0.39 is 0 Å². The summed E-state index contributed by atoms with van der Waals surface area (Å²) in [6.07, 6.45) is 0. The number of benzene rings is 2. The van der Waals surface area contributed by atoms with Crippen molar-refractivity contribution in [1.82, 2.24) is 4.90 Å². The van der Waals surface area contributed by atoms with Crippen molar-refractivity contribution in [3.63, 3.8) is 0 Å². The van der Waals surface area contributed by atoms with Crippen molar-refractivity contribution >= 4 is 5.84 Å². The molecular weight excluding hydrogens is 253 g/mol. The lowest BCUT2D eigenvalue weighted by atomic mass is 10.1. The van der Waals surface area contributed by atoms with Gasteiger partial charge in [0, 0.05) is 18.7 Å². The summed E-state index contributed by atoms with van der Waals surface area (Å²) < 4.78 is 13.1. The Balaban J connectivity index is 2.02. The second-order valence-electron chi connectivity index (χ2n) is 4.92. The van der Waals surface area contributed by atoms with Crippen molar-refractivity contribution in [1.29, 1.82) is 5.41 Å². The predicted molar refractivity (Wildman–Crippen MR) is 79.0 cm³/mol. The molecule has 3 nitrogen and oxygen atoms in total. The molecule has 0 saturated carbocycles. The van der Waals surface area contributed by atoms with Crippen LogP contribution in [0.1, 0.15) is 16.7 Å². The molecule has 3 N–H and O–H groups in total. The number of hydrogen-bond acceptors (Lipinski definition) is 2. The van der Waals surface area contributed by atoms with Crippen LogP contribution in [-0.4, -0.2) is 17.8 Å². The normalized spacial score (nSPS) is 10.8. The minimum atomic E-state index is -0.213. The molecule has 0 aliphatic rings. The molecule has 104 valence electrons. The standard InChI is InChI=1S/C16H18FN3/c1-20(11-13-5-3-7-15(17)9-13)10-12-4-2-6-14(8-12)16(18)19/h2-9H,10-11H2,1H3,(H3,18,19). The first-order valence-electron chi connectivity index (χ1n) is 6.41. The highest BCUT2D eigenvalue weighted by atomic mass is 19.1. The maximum atomic E-state index is 13.1. The average Bonchev–Trinajstić information content (AvgIpc) is 2.38. The Labute approximate surface area is 118 Å². The summed E-state index contributed by atoms with van der Waals surface area (Å²) in [5, 5.41) is 7.44. The van der Waals surface area contributed by atoms with Crippen molar-refractivity contribution in [2.24, 2.45) is 5.73 Å². The average molecular weight is 271 g/mol. The van der Waals surface area contributed by atoms with Crippen molar-refractivity contribution in [2.75, 3.05) is 7.05 Å². The van der Waals surface area contributed by atoms with Gasteiger partial charge >= 0.3 is 0 Å². The molecule has 0 aliphatic heterocycles. The molecule has 0 atom stereocenters. The Morgan fingerprint density at radius 3 is 2.30 bits per heavy atom. The Kier molecular flexibility index (Phi) is 4.48. The highest BCUT2D eigenvalue weighted by Crippen LogP contribution is 2.11. The molecule has 20 heavy (non-hydrogen) atoms. The van der Waals surface area contributed by atoms with E-state index in [1.807, 2.05) is 37.4 Å². The Bertz CT molecular complexity index is 610. The van der Waals surface area contributed by atoms with Gasteiger partial charge in [-0.2, -0.15) is 0 Å².